The number of halogens is 1. The number of hydrogen-bond donors (Lipinski definition) is 0. The Hall–Kier alpha value is -3.35. The molecule has 6 nitrogen and oxygen atoms in total. The molecule has 0 radical (unpaired) electrons. The number of fused-ring (bicyclic) bond motifs is 2. The molecule has 1 fully saturated rings. The monoisotopic (exact) mass is 458 g/mol. The van der Waals surface area contributed by atoms with E-state index in [0.717, 1.165) is 72.3 Å². The molecule has 0 saturated carbocycles. The van der Waals surface area contributed by atoms with Gasteiger partial charge in [0, 0.05) is 48.7 Å². The summed E-state index contributed by atoms with van der Waals surface area (Å²) in [7, 11) is 0. The second-order valence-electron chi connectivity index (χ2n) is 8.35. The van der Waals surface area contributed by atoms with Gasteiger partial charge in [0.15, 0.2) is 17.3 Å². The zero-order valence-electron chi connectivity index (χ0n) is 18.1. The maximum atomic E-state index is 6.34. The zero-order valence-corrected chi connectivity index (χ0v) is 18.8. The Morgan fingerprint density at radius 2 is 1.64 bits per heavy atom. The third kappa shape index (κ3) is 4.08. The lowest BCUT2D eigenvalue weighted by atomic mass is 10.1. The van der Waals surface area contributed by atoms with E-state index in [9.17, 15) is 0 Å². The number of nitrogens with zero attached hydrogens (tertiary/aromatic N) is 4. The molecule has 0 N–H and O–H groups in total. The van der Waals surface area contributed by atoms with Crippen LogP contribution in [0.5, 0.6) is 11.5 Å². The van der Waals surface area contributed by atoms with Crippen molar-refractivity contribution in [1.82, 2.24) is 14.9 Å². The van der Waals surface area contributed by atoms with E-state index in [0.29, 0.717) is 11.8 Å². The first-order valence-electron chi connectivity index (χ1n) is 11.1. The maximum Gasteiger partial charge on any atom is 0.231 e. The number of piperazine rings is 1. The lowest BCUT2D eigenvalue weighted by Gasteiger charge is -2.36. The molecule has 0 spiro atoms. The molecule has 4 aromatic rings. The van der Waals surface area contributed by atoms with Crippen molar-refractivity contribution in [3.05, 3.63) is 77.3 Å². The smallest absolute Gasteiger partial charge is 0.231 e. The van der Waals surface area contributed by atoms with Crippen LogP contribution < -0.4 is 14.4 Å². The Labute approximate surface area is 197 Å². The largest absolute Gasteiger partial charge is 0.454 e. The van der Waals surface area contributed by atoms with Gasteiger partial charge >= 0.3 is 0 Å². The summed E-state index contributed by atoms with van der Waals surface area (Å²) >= 11 is 6.34. The van der Waals surface area contributed by atoms with Crippen LogP contribution in [0, 0.1) is 0 Å². The highest BCUT2D eigenvalue weighted by molar-refractivity contribution is 6.31. The molecule has 2 aliphatic heterocycles. The minimum absolute atomic E-state index is 0.305. The van der Waals surface area contributed by atoms with E-state index in [-0.39, 0.29) is 0 Å². The summed E-state index contributed by atoms with van der Waals surface area (Å²) in [6.45, 7) is 4.85. The van der Waals surface area contributed by atoms with E-state index < -0.39 is 0 Å². The van der Waals surface area contributed by atoms with Crippen molar-refractivity contribution >= 4 is 28.3 Å². The van der Waals surface area contributed by atoms with Crippen LogP contribution in [0.15, 0.2) is 66.7 Å². The van der Waals surface area contributed by atoms with Crippen molar-refractivity contribution in [3.63, 3.8) is 0 Å². The summed E-state index contributed by atoms with van der Waals surface area (Å²) < 4.78 is 11.0. The number of hydrogen-bond acceptors (Lipinski definition) is 6. The molecule has 6 rings (SSSR count). The van der Waals surface area contributed by atoms with Crippen LogP contribution in [-0.2, 0) is 6.54 Å². The van der Waals surface area contributed by atoms with Gasteiger partial charge in [-0.3, -0.25) is 4.90 Å². The van der Waals surface area contributed by atoms with E-state index in [1.807, 2.05) is 54.6 Å². The van der Waals surface area contributed by atoms with Crippen molar-refractivity contribution in [2.75, 3.05) is 37.9 Å². The summed E-state index contributed by atoms with van der Waals surface area (Å²) in [6, 6.07) is 22.2. The highest BCUT2D eigenvalue weighted by Gasteiger charge is 2.22. The van der Waals surface area contributed by atoms with Crippen LogP contribution in [0.4, 0.5) is 5.82 Å². The predicted octanol–water partition coefficient (Wildman–Crippen LogP) is 5.00. The van der Waals surface area contributed by atoms with Crippen molar-refractivity contribution < 1.29 is 9.47 Å². The number of aromatic nitrogens is 2. The fourth-order valence-electron chi connectivity index (χ4n) is 4.46. The van der Waals surface area contributed by atoms with E-state index in [4.69, 9.17) is 31.0 Å². The molecule has 0 bridgehead atoms. The zero-order chi connectivity index (χ0) is 22.2. The fourth-order valence-corrected chi connectivity index (χ4v) is 4.63. The Morgan fingerprint density at radius 3 is 2.48 bits per heavy atom. The lowest BCUT2D eigenvalue weighted by Crippen LogP contribution is -2.46. The van der Waals surface area contributed by atoms with Crippen molar-refractivity contribution in [1.29, 1.82) is 0 Å². The second kappa shape index (κ2) is 8.54. The summed E-state index contributed by atoms with van der Waals surface area (Å²) in [4.78, 5) is 14.6. The second-order valence-corrected chi connectivity index (χ2v) is 8.79. The van der Waals surface area contributed by atoms with Crippen molar-refractivity contribution in [2.24, 2.45) is 0 Å². The number of rotatable bonds is 4. The van der Waals surface area contributed by atoms with Crippen LogP contribution in [0.3, 0.4) is 0 Å². The molecule has 1 saturated heterocycles. The molecule has 2 aliphatic rings. The molecule has 3 aromatic carbocycles. The SMILES string of the molecule is Clc1ccc2nc(-c3ccccc3)nc(N3CCN(Cc4ccc5c(c4)OCO5)CC3)c2c1. The maximum absolute atomic E-state index is 6.34. The van der Waals surface area contributed by atoms with Crippen molar-refractivity contribution in [3.8, 4) is 22.9 Å². The quantitative estimate of drug-likeness (QED) is 0.429. The molecule has 7 heteroatoms. The summed E-state index contributed by atoms with van der Waals surface area (Å²) in [5.41, 5.74) is 3.15. The highest BCUT2D eigenvalue weighted by atomic mass is 35.5. The van der Waals surface area contributed by atoms with Gasteiger partial charge in [-0.1, -0.05) is 48.0 Å². The van der Waals surface area contributed by atoms with Gasteiger partial charge < -0.3 is 14.4 Å². The fraction of sp³-hybridized carbons (Fsp3) is 0.231. The third-order valence-electron chi connectivity index (χ3n) is 6.18. The topological polar surface area (TPSA) is 50.7 Å². The normalized spacial score (nSPS) is 15.8. The highest BCUT2D eigenvalue weighted by Crippen LogP contribution is 2.33. The Morgan fingerprint density at radius 1 is 0.818 bits per heavy atom. The van der Waals surface area contributed by atoms with Crippen LogP contribution >= 0.6 is 11.6 Å². The first-order valence-corrected chi connectivity index (χ1v) is 11.5. The average Bonchev–Trinajstić information content (AvgIpc) is 3.32. The van der Waals surface area contributed by atoms with E-state index in [1.54, 1.807) is 0 Å². The molecular weight excluding hydrogens is 436 g/mol. The number of benzene rings is 3. The first kappa shape index (κ1) is 20.3. The van der Waals surface area contributed by atoms with Crippen LogP contribution in [0.2, 0.25) is 5.02 Å². The number of ether oxygens (including phenoxy) is 2. The van der Waals surface area contributed by atoms with Gasteiger partial charge in [-0.15, -0.1) is 0 Å². The van der Waals surface area contributed by atoms with E-state index in [2.05, 4.69) is 21.9 Å². The van der Waals surface area contributed by atoms with Gasteiger partial charge in [0.05, 0.1) is 5.52 Å². The molecule has 0 amide bonds. The van der Waals surface area contributed by atoms with E-state index >= 15 is 0 Å². The van der Waals surface area contributed by atoms with E-state index in [1.165, 1.54) is 5.56 Å². The Balaban J connectivity index is 1.25. The summed E-state index contributed by atoms with van der Waals surface area (Å²) in [6.07, 6.45) is 0. The lowest BCUT2D eigenvalue weighted by molar-refractivity contribution is 0.174. The Kier molecular flexibility index (Phi) is 5.24. The predicted molar refractivity (Wildman–Crippen MR) is 130 cm³/mol. The molecular formula is C26H23ClN4O2. The molecule has 0 unspecified atom stereocenters. The molecule has 166 valence electrons. The minimum Gasteiger partial charge on any atom is -0.454 e. The van der Waals surface area contributed by atoms with Gasteiger partial charge in [-0.25, -0.2) is 9.97 Å². The number of anilines is 1. The molecule has 0 atom stereocenters. The molecule has 3 heterocycles. The van der Waals surface area contributed by atoms with Crippen molar-refractivity contribution in [2.45, 2.75) is 6.54 Å². The van der Waals surface area contributed by atoms with Gasteiger partial charge in [0.2, 0.25) is 6.79 Å². The Bertz CT molecular complexity index is 1310. The molecule has 0 aliphatic carbocycles. The standard InChI is InChI=1S/C26H23ClN4O2/c27-20-7-8-22-21(15-20)26(29-25(28-22)19-4-2-1-3-5-19)31-12-10-30(11-13-31)16-18-6-9-23-24(14-18)33-17-32-23/h1-9,14-15H,10-13,16-17H2. The molecule has 33 heavy (non-hydrogen) atoms. The van der Waals surface area contributed by atoms with Crippen LogP contribution in [-0.4, -0.2) is 47.8 Å². The van der Waals surface area contributed by atoms with Gasteiger partial charge in [0.25, 0.3) is 0 Å². The first-order chi connectivity index (χ1) is 16.2. The van der Waals surface area contributed by atoms with Gasteiger partial charge in [-0.2, -0.15) is 0 Å². The molecule has 1 aromatic heterocycles. The van der Waals surface area contributed by atoms with Gasteiger partial charge in [0.1, 0.15) is 5.82 Å². The third-order valence-corrected chi connectivity index (χ3v) is 6.42. The average molecular weight is 459 g/mol. The van der Waals surface area contributed by atoms with Gasteiger partial charge in [-0.05, 0) is 35.9 Å². The van der Waals surface area contributed by atoms with Crippen LogP contribution in [0.1, 0.15) is 5.56 Å². The summed E-state index contributed by atoms with van der Waals surface area (Å²) in [5.74, 6) is 3.35. The van der Waals surface area contributed by atoms with Crippen LogP contribution in [0.25, 0.3) is 22.3 Å². The summed E-state index contributed by atoms with van der Waals surface area (Å²) in [5, 5.41) is 1.69. The minimum atomic E-state index is 0.305.